The van der Waals surface area contributed by atoms with Crippen molar-refractivity contribution in [3.8, 4) is 5.75 Å². The molecule has 19 heavy (non-hydrogen) atoms. The van der Waals surface area contributed by atoms with Gasteiger partial charge in [0.15, 0.2) is 0 Å². The van der Waals surface area contributed by atoms with E-state index in [0.717, 1.165) is 22.4 Å². The Morgan fingerprint density at radius 1 is 1.37 bits per heavy atom. The van der Waals surface area contributed by atoms with E-state index in [0.29, 0.717) is 6.54 Å². The molecule has 0 radical (unpaired) electrons. The van der Waals surface area contributed by atoms with E-state index in [1.54, 1.807) is 7.11 Å². The summed E-state index contributed by atoms with van der Waals surface area (Å²) in [4.78, 5) is 13.1. The van der Waals surface area contributed by atoms with Crippen LogP contribution in [-0.4, -0.2) is 43.7 Å². The van der Waals surface area contributed by atoms with Crippen LogP contribution in [0.4, 0.5) is 0 Å². The standard InChI is InChI=1S/C15H23NO3/c1-10-6-11(2)15(19-5)13(7-10)12(8-14(17)18)9-16(3)4/h6-7,12H,8-9H2,1-5H3,(H,17,18). The van der Waals surface area contributed by atoms with Crippen molar-refractivity contribution in [3.05, 3.63) is 28.8 Å². The molecule has 106 valence electrons. The molecule has 0 aliphatic carbocycles. The minimum Gasteiger partial charge on any atom is -0.496 e. The number of nitrogens with zero attached hydrogens (tertiary/aromatic N) is 1. The minimum absolute atomic E-state index is 0.0685. The lowest BCUT2D eigenvalue weighted by molar-refractivity contribution is -0.137. The quantitative estimate of drug-likeness (QED) is 0.858. The first-order valence-corrected chi connectivity index (χ1v) is 6.36. The zero-order chi connectivity index (χ0) is 14.6. The number of carbonyl (C=O) groups is 1. The van der Waals surface area contributed by atoms with Crippen LogP contribution in [0.1, 0.15) is 29.0 Å². The molecule has 0 aliphatic heterocycles. The molecule has 1 N–H and O–H groups in total. The Kier molecular flexibility index (Phi) is 5.36. The maximum Gasteiger partial charge on any atom is 0.304 e. The number of benzene rings is 1. The molecule has 4 heteroatoms. The Bertz CT molecular complexity index is 455. The Labute approximate surface area is 115 Å². The van der Waals surface area contributed by atoms with Gasteiger partial charge >= 0.3 is 5.97 Å². The van der Waals surface area contributed by atoms with Crippen molar-refractivity contribution >= 4 is 5.97 Å². The Hall–Kier alpha value is -1.55. The average molecular weight is 265 g/mol. The fourth-order valence-electron chi connectivity index (χ4n) is 2.49. The van der Waals surface area contributed by atoms with Crippen molar-refractivity contribution in [3.63, 3.8) is 0 Å². The van der Waals surface area contributed by atoms with Gasteiger partial charge in [-0.15, -0.1) is 0 Å². The highest BCUT2D eigenvalue weighted by Crippen LogP contribution is 2.33. The van der Waals surface area contributed by atoms with Crippen molar-refractivity contribution in [1.29, 1.82) is 0 Å². The van der Waals surface area contributed by atoms with Crippen LogP contribution in [-0.2, 0) is 4.79 Å². The zero-order valence-electron chi connectivity index (χ0n) is 12.4. The van der Waals surface area contributed by atoms with E-state index in [4.69, 9.17) is 9.84 Å². The smallest absolute Gasteiger partial charge is 0.304 e. The first-order valence-electron chi connectivity index (χ1n) is 6.36. The van der Waals surface area contributed by atoms with Crippen LogP contribution in [0.15, 0.2) is 12.1 Å². The van der Waals surface area contributed by atoms with Crippen LogP contribution in [0, 0.1) is 13.8 Å². The van der Waals surface area contributed by atoms with Gasteiger partial charge < -0.3 is 14.7 Å². The van der Waals surface area contributed by atoms with Crippen LogP contribution in [0.3, 0.4) is 0 Å². The molecular formula is C15H23NO3. The van der Waals surface area contributed by atoms with E-state index in [2.05, 4.69) is 6.07 Å². The van der Waals surface area contributed by atoms with Crippen molar-refractivity contribution in [2.75, 3.05) is 27.7 Å². The van der Waals surface area contributed by atoms with Gasteiger partial charge in [-0.25, -0.2) is 0 Å². The molecule has 1 aromatic rings. The second kappa shape index (κ2) is 6.57. The highest BCUT2D eigenvalue weighted by atomic mass is 16.5. The van der Waals surface area contributed by atoms with Gasteiger partial charge in [-0.1, -0.05) is 17.7 Å². The molecule has 1 aromatic carbocycles. The second-order valence-corrected chi connectivity index (χ2v) is 5.26. The summed E-state index contributed by atoms with van der Waals surface area (Å²) in [5.41, 5.74) is 3.16. The number of hydrogen-bond donors (Lipinski definition) is 1. The number of aryl methyl sites for hydroxylation is 2. The summed E-state index contributed by atoms with van der Waals surface area (Å²) in [5.74, 6) is -0.0483. The highest BCUT2D eigenvalue weighted by Gasteiger charge is 2.21. The summed E-state index contributed by atoms with van der Waals surface area (Å²) in [6.45, 7) is 4.69. The third-order valence-corrected chi connectivity index (χ3v) is 3.10. The minimum atomic E-state index is -0.784. The predicted molar refractivity (Wildman–Crippen MR) is 76.0 cm³/mol. The van der Waals surface area contributed by atoms with Gasteiger partial charge in [-0.2, -0.15) is 0 Å². The molecule has 1 unspecified atom stereocenters. The van der Waals surface area contributed by atoms with Gasteiger partial charge in [0.25, 0.3) is 0 Å². The molecule has 0 aromatic heterocycles. The highest BCUT2D eigenvalue weighted by molar-refractivity contribution is 5.68. The number of likely N-dealkylation sites (N-methyl/N-ethyl adjacent to an activating group) is 1. The summed E-state index contributed by atoms with van der Waals surface area (Å²) < 4.78 is 5.46. The summed E-state index contributed by atoms with van der Waals surface area (Å²) in [6, 6.07) is 4.08. The summed E-state index contributed by atoms with van der Waals surface area (Å²) >= 11 is 0. The van der Waals surface area contributed by atoms with Gasteiger partial charge in [0.05, 0.1) is 13.5 Å². The van der Waals surface area contributed by atoms with Crippen LogP contribution >= 0.6 is 0 Å². The monoisotopic (exact) mass is 265 g/mol. The fourth-order valence-corrected chi connectivity index (χ4v) is 2.49. The van der Waals surface area contributed by atoms with Gasteiger partial charge in [0, 0.05) is 12.5 Å². The fraction of sp³-hybridized carbons (Fsp3) is 0.533. The molecule has 1 atom stereocenters. The van der Waals surface area contributed by atoms with Crippen LogP contribution < -0.4 is 4.74 Å². The first-order chi connectivity index (χ1) is 8.85. The topological polar surface area (TPSA) is 49.8 Å². The van der Waals surface area contributed by atoms with E-state index < -0.39 is 5.97 Å². The molecule has 0 saturated heterocycles. The molecule has 4 nitrogen and oxygen atoms in total. The molecule has 0 amide bonds. The predicted octanol–water partition coefficient (Wildman–Crippen LogP) is 2.43. The largest absolute Gasteiger partial charge is 0.496 e. The lowest BCUT2D eigenvalue weighted by Gasteiger charge is -2.23. The lowest BCUT2D eigenvalue weighted by atomic mass is 9.91. The van der Waals surface area contributed by atoms with E-state index in [1.165, 1.54) is 0 Å². The van der Waals surface area contributed by atoms with E-state index in [1.807, 2.05) is 38.9 Å². The summed E-state index contributed by atoms with van der Waals surface area (Å²) in [5, 5.41) is 9.10. The third kappa shape index (κ3) is 4.24. The lowest BCUT2D eigenvalue weighted by Crippen LogP contribution is -2.23. The van der Waals surface area contributed by atoms with Gasteiger partial charge in [-0.05, 0) is 39.1 Å². The molecule has 0 saturated carbocycles. The van der Waals surface area contributed by atoms with Gasteiger partial charge in [0.2, 0.25) is 0 Å². The molecule has 0 bridgehead atoms. The molecular weight excluding hydrogens is 242 g/mol. The number of ether oxygens (including phenoxy) is 1. The number of hydrogen-bond acceptors (Lipinski definition) is 3. The second-order valence-electron chi connectivity index (χ2n) is 5.26. The third-order valence-electron chi connectivity index (χ3n) is 3.10. The number of carboxylic acids is 1. The van der Waals surface area contributed by atoms with E-state index in [-0.39, 0.29) is 12.3 Å². The number of rotatable bonds is 6. The van der Waals surface area contributed by atoms with Crippen molar-refractivity contribution in [2.45, 2.75) is 26.2 Å². The van der Waals surface area contributed by atoms with Crippen molar-refractivity contribution in [1.82, 2.24) is 4.90 Å². The van der Waals surface area contributed by atoms with E-state index in [9.17, 15) is 4.79 Å². The van der Waals surface area contributed by atoms with Crippen LogP contribution in [0.25, 0.3) is 0 Å². The summed E-state index contributed by atoms with van der Waals surface area (Å²) in [7, 11) is 5.53. The maximum absolute atomic E-state index is 11.1. The summed E-state index contributed by atoms with van der Waals surface area (Å²) in [6.07, 6.45) is 0.109. The Morgan fingerprint density at radius 2 is 2.00 bits per heavy atom. The SMILES string of the molecule is COc1c(C)cc(C)cc1C(CC(=O)O)CN(C)C. The Morgan fingerprint density at radius 3 is 2.47 bits per heavy atom. The van der Waals surface area contributed by atoms with E-state index >= 15 is 0 Å². The molecule has 1 rings (SSSR count). The van der Waals surface area contributed by atoms with Crippen molar-refractivity contribution < 1.29 is 14.6 Å². The number of aliphatic carboxylic acids is 1. The molecule has 0 aliphatic rings. The Balaban J connectivity index is 3.23. The molecule has 0 heterocycles. The average Bonchev–Trinajstić information content (AvgIpc) is 2.25. The zero-order valence-corrected chi connectivity index (χ0v) is 12.4. The number of carboxylic acid groups (broad SMARTS) is 1. The van der Waals surface area contributed by atoms with Crippen LogP contribution in [0.5, 0.6) is 5.75 Å². The molecule has 0 spiro atoms. The number of methoxy groups -OCH3 is 1. The normalized spacial score (nSPS) is 12.5. The van der Waals surface area contributed by atoms with Gasteiger partial charge in [0.1, 0.15) is 5.75 Å². The molecule has 0 fully saturated rings. The maximum atomic E-state index is 11.1. The van der Waals surface area contributed by atoms with Gasteiger partial charge in [-0.3, -0.25) is 4.79 Å². The van der Waals surface area contributed by atoms with Crippen LogP contribution in [0.2, 0.25) is 0 Å². The first kappa shape index (κ1) is 15.5. The van der Waals surface area contributed by atoms with Crippen molar-refractivity contribution in [2.24, 2.45) is 0 Å².